The molecule has 0 aliphatic rings. The Morgan fingerprint density at radius 3 is 2.78 bits per heavy atom. The molecule has 0 unspecified atom stereocenters. The lowest BCUT2D eigenvalue weighted by molar-refractivity contribution is -0.111. The molecule has 2 rings (SSSR count). The van der Waals surface area contributed by atoms with Crippen LogP contribution in [0.3, 0.4) is 0 Å². The van der Waals surface area contributed by atoms with Crippen molar-refractivity contribution in [3.63, 3.8) is 0 Å². The van der Waals surface area contributed by atoms with E-state index < -0.39 is 0 Å². The molecule has 0 aliphatic carbocycles. The first-order chi connectivity index (χ1) is 11.0. The summed E-state index contributed by atoms with van der Waals surface area (Å²) in [6.07, 6.45) is 3.16. The second-order valence-electron chi connectivity index (χ2n) is 5.17. The Balaban J connectivity index is 2.09. The van der Waals surface area contributed by atoms with Crippen molar-refractivity contribution in [3.8, 4) is 0 Å². The lowest BCUT2D eigenvalue weighted by Crippen LogP contribution is -2.15. The van der Waals surface area contributed by atoms with Crippen molar-refractivity contribution >= 4 is 29.3 Å². The van der Waals surface area contributed by atoms with Crippen LogP contribution in [0.1, 0.15) is 23.7 Å². The molecule has 5 nitrogen and oxygen atoms in total. The zero-order chi connectivity index (χ0) is 16.8. The number of aryl methyl sites for hydroxylation is 2. The molecule has 1 amide bonds. The summed E-state index contributed by atoms with van der Waals surface area (Å²) in [5.74, 6) is -0.201. The third kappa shape index (κ3) is 4.43. The molecule has 2 N–H and O–H groups in total. The molecule has 0 radical (unpaired) electrons. The molecule has 0 aliphatic heterocycles. The van der Waals surface area contributed by atoms with Crippen molar-refractivity contribution in [3.05, 3.63) is 52.3 Å². The van der Waals surface area contributed by atoms with Gasteiger partial charge in [0, 0.05) is 30.9 Å². The summed E-state index contributed by atoms with van der Waals surface area (Å²) in [5, 5.41) is 10.9. The Bertz CT molecular complexity index is 721. The molecular weight excluding hydrogens is 312 g/mol. The Morgan fingerprint density at radius 2 is 2.13 bits per heavy atom. The summed E-state index contributed by atoms with van der Waals surface area (Å²) in [4.78, 5) is 12.2. The number of rotatable bonds is 6. The number of benzene rings is 1. The molecule has 2 aromatic rings. The van der Waals surface area contributed by atoms with Crippen LogP contribution in [0, 0.1) is 6.92 Å². The molecule has 1 aromatic carbocycles. The number of hydrogen-bond donors (Lipinski definition) is 2. The van der Waals surface area contributed by atoms with Crippen molar-refractivity contribution in [2.45, 2.75) is 20.4 Å². The second kappa shape index (κ2) is 7.94. The highest BCUT2D eigenvalue weighted by molar-refractivity contribution is 6.31. The van der Waals surface area contributed by atoms with Crippen LogP contribution in [0.5, 0.6) is 0 Å². The molecule has 122 valence electrons. The van der Waals surface area contributed by atoms with Gasteiger partial charge in [-0.1, -0.05) is 36.7 Å². The Morgan fingerprint density at radius 1 is 1.39 bits per heavy atom. The summed E-state index contributed by atoms with van der Waals surface area (Å²) >= 11 is 6.15. The van der Waals surface area contributed by atoms with Gasteiger partial charge in [0.05, 0.1) is 5.69 Å². The van der Waals surface area contributed by atoms with Gasteiger partial charge in [-0.15, -0.1) is 0 Å². The number of hydrogen-bond acceptors (Lipinski definition) is 3. The van der Waals surface area contributed by atoms with E-state index in [2.05, 4.69) is 15.7 Å². The predicted molar refractivity (Wildman–Crippen MR) is 94.4 cm³/mol. The van der Waals surface area contributed by atoms with Crippen LogP contribution in [0.25, 0.3) is 6.08 Å². The van der Waals surface area contributed by atoms with E-state index in [0.717, 1.165) is 29.1 Å². The van der Waals surface area contributed by atoms with Crippen LogP contribution < -0.4 is 10.6 Å². The molecule has 0 atom stereocenters. The van der Waals surface area contributed by atoms with Crippen LogP contribution in [-0.4, -0.2) is 22.2 Å². The van der Waals surface area contributed by atoms with E-state index in [1.807, 2.05) is 38.1 Å². The molecule has 0 saturated carbocycles. The Kier molecular flexibility index (Phi) is 5.96. The van der Waals surface area contributed by atoms with Gasteiger partial charge in [-0.05, 0) is 31.2 Å². The van der Waals surface area contributed by atoms with E-state index in [1.165, 1.54) is 6.08 Å². The second-order valence-corrected chi connectivity index (χ2v) is 5.53. The fourth-order valence-electron chi connectivity index (χ4n) is 2.23. The average molecular weight is 333 g/mol. The molecule has 0 fully saturated rings. The van der Waals surface area contributed by atoms with E-state index in [4.69, 9.17) is 11.6 Å². The minimum atomic E-state index is -0.201. The maximum atomic E-state index is 12.2. The fourth-order valence-corrected chi connectivity index (χ4v) is 2.46. The molecule has 23 heavy (non-hydrogen) atoms. The maximum Gasteiger partial charge on any atom is 0.248 e. The van der Waals surface area contributed by atoms with E-state index in [9.17, 15) is 4.79 Å². The normalized spacial score (nSPS) is 11.1. The summed E-state index contributed by atoms with van der Waals surface area (Å²) in [6, 6.07) is 7.73. The number of halogens is 1. The van der Waals surface area contributed by atoms with Crippen molar-refractivity contribution in [1.82, 2.24) is 15.1 Å². The smallest absolute Gasteiger partial charge is 0.248 e. The number of carbonyl (C=O) groups is 1. The summed E-state index contributed by atoms with van der Waals surface area (Å²) in [7, 11) is 1.77. The lowest BCUT2D eigenvalue weighted by Gasteiger charge is -2.10. The summed E-state index contributed by atoms with van der Waals surface area (Å²) < 4.78 is 1.58. The van der Waals surface area contributed by atoms with Crippen LogP contribution in [0.4, 0.5) is 5.69 Å². The van der Waals surface area contributed by atoms with Gasteiger partial charge in [0.25, 0.3) is 0 Å². The van der Waals surface area contributed by atoms with Gasteiger partial charge in [0.1, 0.15) is 5.15 Å². The number of carbonyl (C=O) groups excluding carboxylic acids is 1. The number of nitrogens with zero attached hydrogens (tertiary/aromatic N) is 2. The molecule has 6 heteroatoms. The monoisotopic (exact) mass is 332 g/mol. The highest BCUT2D eigenvalue weighted by atomic mass is 35.5. The average Bonchev–Trinajstić information content (AvgIpc) is 2.77. The standard InChI is InChI=1S/C17H21ClN4O/c1-4-19-11-13-7-5-6-8-15(13)20-16(23)10-9-14-12(2)21-22(3)17(14)18/h5-10,19H,4,11H2,1-3H3,(H,20,23)/b10-9+. The van der Waals surface area contributed by atoms with E-state index in [1.54, 1.807) is 17.8 Å². The molecule has 0 spiro atoms. The van der Waals surface area contributed by atoms with Gasteiger partial charge in [0.15, 0.2) is 0 Å². The third-order valence-corrected chi connectivity index (χ3v) is 3.89. The largest absolute Gasteiger partial charge is 0.322 e. The molecule has 0 bridgehead atoms. The van der Waals surface area contributed by atoms with Crippen molar-refractivity contribution < 1.29 is 4.79 Å². The van der Waals surface area contributed by atoms with E-state index >= 15 is 0 Å². The van der Waals surface area contributed by atoms with E-state index in [0.29, 0.717) is 11.7 Å². The zero-order valence-electron chi connectivity index (χ0n) is 13.6. The van der Waals surface area contributed by atoms with Crippen LogP contribution >= 0.6 is 11.6 Å². The molecular formula is C17H21ClN4O. The zero-order valence-corrected chi connectivity index (χ0v) is 14.3. The number of nitrogens with one attached hydrogen (secondary N) is 2. The number of aromatic nitrogens is 2. The highest BCUT2D eigenvalue weighted by Crippen LogP contribution is 2.20. The lowest BCUT2D eigenvalue weighted by atomic mass is 10.1. The highest BCUT2D eigenvalue weighted by Gasteiger charge is 2.09. The minimum Gasteiger partial charge on any atom is -0.322 e. The number of anilines is 1. The van der Waals surface area contributed by atoms with Crippen molar-refractivity contribution in [1.29, 1.82) is 0 Å². The maximum absolute atomic E-state index is 12.2. The van der Waals surface area contributed by atoms with Gasteiger partial charge in [-0.2, -0.15) is 5.10 Å². The van der Waals surface area contributed by atoms with Gasteiger partial charge in [-0.25, -0.2) is 0 Å². The molecule has 1 heterocycles. The number of para-hydroxylation sites is 1. The topological polar surface area (TPSA) is 58.9 Å². The fraction of sp³-hybridized carbons (Fsp3) is 0.294. The van der Waals surface area contributed by atoms with Crippen LogP contribution in [0.2, 0.25) is 5.15 Å². The van der Waals surface area contributed by atoms with Crippen molar-refractivity contribution in [2.24, 2.45) is 7.05 Å². The van der Waals surface area contributed by atoms with Gasteiger partial charge < -0.3 is 10.6 Å². The Hall–Kier alpha value is -2.11. The molecule has 1 aromatic heterocycles. The minimum absolute atomic E-state index is 0.201. The van der Waals surface area contributed by atoms with Crippen LogP contribution in [0.15, 0.2) is 30.3 Å². The quantitative estimate of drug-likeness (QED) is 0.799. The third-order valence-electron chi connectivity index (χ3n) is 3.44. The van der Waals surface area contributed by atoms with Gasteiger partial charge in [0.2, 0.25) is 5.91 Å². The predicted octanol–water partition coefficient (Wildman–Crippen LogP) is 3.14. The first-order valence-corrected chi connectivity index (χ1v) is 7.87. The van der Waals surface area contributed by atoms with Gasteiger partial charge in [-0.3, -0.25) is 9.48 Å². The SMILES string of the molecule is CCNCc1ccccc1NC(=O)/C=C/c1c(C)nn(C)c1Cl. The molecule has 0 saturated heterocycles. The summed E-state index contributed by atoms with van der Waals surface area (Å²) in [6.45, 7) is 5.49. The van der Waals surface area contributed by atoms with E-state index in [-0.39, 0.29) is 5.91 Å². The number of amides is 1. The summed E-state index contributed by atoms with van der Waals surface area (Å²) in [5.41, 5.74) is 3.39. The first-order valence-electron chi connectivity index (χ1n) is 7.49. The first kappa shape index (κ1) is 17.2. The van der Waals surface area contributed by atoms with Gasteiger partial charge >= 0.3 is 0 Å². The van der Waals surface area contributed by atoms with Crippen molar-refractivity contribution in [2.75, 3.05) is 11.9 Å². The Labute approximate surface area is 141 Å². The van der Waals surface area contributed by atoms with Crippen LogP contribution in [-0.2, 0) is 18.4 Å².